The molecule has 1 N–H and O–H groups in total. The molecule has 7 heteroatoms. The van der Waals surface area contributed by atoms with Crippen molar-refractivity contribution in [3.8, 4) is 0 Å². The van der Waals surface area contributed by atoms with Gasteiger partial charge in [0.25, 0.3) is 5.91 Å². The van der Waals surface area contributed by atoms with Gasteiger partial charge in [0, 0.05) is 16.0 Å². The zero-order valence-corrected chi connectivity index (χ0v) is 12.5. The highest BCUT2D eigenvalue weighted by atomic mass is 35.5. The summed E-state index contributed by atoms with van der Waals surface area (Å²) in [6, 6.07) is 6.48. The van der Waals surface area contributed by atoms with E-state index in [-0.39, 0.29) is 5.76 Å². The highest BCUT2D eigenvalue weighted by Gasteiger charge is 2.21. The summed E-state index contributed by atoms with van der Waals surface area (Å²) in [7, 11) is 0. The largest absolute Gasteiger partial charge is 0.451 e. The van der Waals surface area contributed by atoms with Crippen molar-refractivity contribution in [2.24, 2.45) is 0 Å². The third-order valence-electron chi connectivity index (χ3n) is 3.39. The predicted molar refractivity (Wildman–Crippen MR) is 80.2 cm³/mol. The minimum Gasteiger partial charge on any atom is -0.451 e. The van der Waals surface area contributed by atoms with Crippen molar-refractivity contribution in [3.05, 3.63) is 64.1 Å². The van der Waals surface area contributed by atoms with E-state index < -0.39 is 29.0 Å². The van der Waals surface area contributed by atoms with Crippen molar-refractivity contribution < 1.29 is 22.4 Å². The summed E-state index contributed by atoms with van der Waals surface area (Å²) in [4.78, 5) is 12.2. The van der Waals surface area contributed by atoms with E-state index in [1.54, 1.807) is 25.1 Å². The molecule has 2 aromatic carbocycles. The smallest absolute Gasteiger partial charge is 0.291 e. The molecule has 0 spiro atoms. The lowest BCUT2D eigenvalue weighted by Crippen LogP contribution is -2.14. The van der Waals surface area contributed by atoms with E-state index in [9.17, 15) is 18.0 Å². The second-order valence-corrected chi connectivity index (χ2v) is 5.31. The average Bonchev–Trinajstić information content (AvgIpc) is 2.85. The van der Waals surface area contributed by atoms with Gasteiger partial charge >= 0.3 is 0 Å². The van der Waals surface area contributed by atoms with Crippen LogP contribution in [0.15, 0.2) is 34.7 Å². The van der Waals surface area contributed by atoms with Crippen molar-refractivity contribution in [2.45, 2.75) is 6.92 Å². The highest BCUT2D eigenvalue weighted by Crippen LogP contribution is 2.29. The standard InChI is InChI=1S/C16H9ClF3NO2/c1-7-9-6-8(17)2-5-12(9)23-15(7)16(22)21-11-4-3-10(18)13(19)14(11)20/h2-6H,1H3,(H,21,22). The lowest BCUT2D eigenvalue weighted by Gasteiger charge is -2.06. The maximum absolute atomic E-state index is 13.6. The Hall–Kier alpha value is -2.47. The summed E-state index contributed by atoms with van der Waals surface area (Å²) in [6.45, 7) is 1.64. The van der Waals surface area contributed by atoms with Crippen LogP contribution >= 0.6 is 11.6 Å². The Morgan fingerprint density at radius 1 is 1.13 bits per heavy atom. The molecule has 0 atom stereocenters. The number of hydrogen-bond acceptors (Lipinski definition) is 2. The molecular weight excluding hydrogens is 331 g/mol. The molecule has 0 aliphatic rings. The first-order valence-corrected chi connectivity index (χ1v) is 6.89. The molecule has 1 aromatic heterocycles. The molecule has 0 unspecified atom stereocenters. The van der Waals surface area contributed by atoms with Crippen LogP contribution in [0.3, 0.4) is 0 Å². The van der Waals surface area contributed by atoms with E-state index in [0.717, 1.165) is 12.1 Å². The van der Waals surface area contributed by atoms with E-state index >= 15 is 0 Å². The van der Waals surface area contributed by atoms with Gasteiger partial charge in [-0.3, -0.25) is 4.79 Å². The fourth-order valence-electron chi connectivity index (χ4n) is 2.21. The fraction of sp³-hybridized carbons (Fsp3) is 0.0625. The number of carbonyl (C=O) groups is 1. The maximum Gasteiger partial charge on any atom is 0.291 e. The van der Waals surface area contributed by atoms with Crippen LogP contribution in [0, 0.1) is 24.4 Å². The van der Waals surface area contributed by atoms with Gasteiger partial charge in [-0.2, -0.15) is 0 Å². The van der Waals surface area contributed by atoms with Crippen LogP contribution < -0.4 is 5.32 Å². The number of halogens is 4. The number of anilines is 1. The molecule has 0 radical (unpaired) electrons. The van der Waals surface area contributed by atoms with Crippen LogP contribution in [0.1, 0.15) is 16.1 Å². The number of carbonyl (C=O) groups excluding carboxylic acids is 1. The number of furan rings is 1. The first-order chi connectivity index (χ1) is 10.9. The van der Waals surface area contributed by atoms with Crippen molar-refractivity contribution in [2.75, 3.05) is 5.32 Å². The molecule has 3 nitrogen and oxygen atoms in total. The first-order valence-electron chi connectivity index (χ1n) is 6.52. The van der Waals surface area contributed by atoms with Gasteiger partial charge in [0.05, 0.1) is 5.69 Å². The van der Waals surface area contributed by atoms with Gasteiger partial charge in [0.15, 0.2) is 23.2 Å². The quantitative estimate of drug-likeness (QED) is 0.663. The van der Waals surface area contributed by atoms with Crippen LogP contribution in [0.4, 0.5) is 18.9 Å². The van der Waals surface area contributed by atoms with Crippen LogP contribution in [-0.4, -0.2) is 5.91 Å². The first kappa shape index (κ1) is 15.4. The molecule has 1 heterocycles. The molecular formula is C16H9ClF3NO2. The molecule has 3 aromatic rings. The zero-order valence-electron chi connectivity index (χ0n) is 11.7. The van der Waals surface area contributed by atoms with Crippen molar-refractivity contribution in [1.29, 1.82) is 0 Å². The molecule has 0 aliphatic heterocycles. The Balaban J connectivity index is 1.98. The number of benzene rings is 2. The Morgan fingerprint density at radius 3 is 2.61 bits per heavy atom. The Bertz CT molecular complexity index is 937. The van der Waals surface area contributed by atoms with Gasteiger partial charge in [0.1, 0.15) is 5.58 Å². The van der Waals surface area contributed by atoms with Gasteiger partial charge in [-0.05, 0) is 37.3 Å². The topological polar surface area (TPSA) is 42.2 Å². The van der Waals surface area contributed by atoms with E-state index in [1.807, 2.05) is 0 Å². The molecule has 0 fully saturated rings. The Kier molecular flexibility index (Phi) is 3.77. The van der Waals surface area contributed by atoms with E-state index in [4.69, 9.17) is 16.0 Å². The number of nitrogens with one attached hydrogen (secondary N) is 1. The molecule has 0 aliphatic carbocycles. The summed E-state index contributed by atoms with van der Waals surface area (Å²) in [5, 5.41) is 3.27. The molecule has 23 heavy (non-hydrogen) atoms. The second kappa shape index (κ2) is 5.62. The summed E-state index contributed by atoms with van der Waals surface area (Å²) in [5.41, 5.74) is 0.456. The van der Waals surface area contributed by atoms with Crippen LogP contribution in [0.2, 0.25) is 5.02 Å². The fourth-order valence-corrected chi connectivity index (χ4v) is 2.38. The molecule has 118 valence electrons. The third kappa shape index (κ3) is 2.66. The zero-order chi connectivity index (χ0) is 16.7. The van der Waals surface area contributed by atoms with Crippen molar-refractivity contribution in [3.63, 3.8) is 0 Å². The average molecular weight is 340 g/mol. The van der Waals surface area contributed by atoms with Gasteiger partial charge in [-0.1, -0.05) is 11.6 Å². The van der Waals surface area contributed by atoms with Crippen molar-refractivity contribution >= 4 is 34.2 Å². The Labute approximate surface area is 133 Å². The molecule has 0 saturated carbocycles. The lowest BCUT2D eigenvalue weighted by atomic mass is 10.1. The number of rotatable bonds is 2. The number of fused-ring (bicyclic) bond motifs is 1. The van der Waals surface area contributed by atoms with E-state index in [0.29, 0.717) is 21.6 Å². The number of aryl methyl sites for hydroxylation is 1. The lowest BCUT2D eigenvalue weighted by molar-refractivity contribution is 0.0997. The van der Waals surface area contributed by atoms with Crippen LogP contribution in [0.5, 0.6) is 0 Å². The molecule has 1 amide bonds. The van der Waals surface area contributed by atoms with Crippen LogP contribution in [-0.2, 0) is 0 Å². The second-order valence-electron chi connectivity index (χ2n) is 4.87. The molecule has 3 rings (SSSR count). The van der Waals surface area contributed by atoms with Crippen LogP contribution in [0.25, 0.3) is 11.0 Å². The minimum absolute atomic E-state index is 0.0635. The minimum atomic E-state index is -1.66. The maximum atomic E-state index is 13.6. The normalized spacial score (nSPS) is 11.0. The third-order valence-corrected chi connectivity index (χ3v) is 3.62. The molecule has 0 bridgehead atoms. The molecule has 0 saturated heterocycles. The highest BCUT2D eigenvalue weighted by molar-refractivity contribution is 6.31. The van der Waals surface area contributed by atoms with E-state index in [2.05, 4.69) is 5.32 Å². The van der Waals surface area contributed by atoms with Gasteiger partial charge in [-0.15, -0.1) is 0 Å². The monoisotopic (exact) mass is 339 g/mol. The summed E-state index contributed by atoms with van der Waals surface area (Å²) >= 11 is 5.89. The number of hydrogen-bond donors (Lipinski definition) is 1. The summed E-state index contributed by atoms with van der Waals surface area (Å²) < 4.78 is 45.1. The Morgan fingerprint density at radius 2 is 1.87 bits per heavy atom. The predicted octanol–water partition coefficient (Wildman–Crippen LogP) is 5.06. The van der Waals surface area contributed by atoms with E-state index in [1.165, 1.54) is 0 Å². The number of amides is 1. The van der Waals surface area contributed by atoms with Gasteiger partial charge in [0.2, 0.25) is 0 Å². The van der Waals surface area contributed by atoms with Gasteiger partial charge < -0.3 is 9.73 Å². The van der Waals surface area contributed by atoms with Gasteiger partial charge in [-0.25, -0.2) is 13.2 Å². The summed E-state index contributed by atoms with van der Waals surface area (Å²) in [6.07, 6.45) is 0. The summed E-state index contributed by atoms with van der Waals surface area (Å²) in [5.74, 6) is -5.31. The van der Waals surface area contributed by atoms with Crippen molar-refractivity contribution in [1.82, 2.24) is 0 Å². The SMILES string of the molecule is Cc1c(C(=O)Nc2ccc(F)c(F)c2F)oc2ccc(Cl)cc12.